The fourth-order valence-electron chi connectivity index (χ4n) is 3.78. The lowest BCUT2D eigenvalue weighted by molar-refractivity contribution is 0.0564. The minimum Gasteiger partial charge on any atom is -0.490 e. The van der Waals surface area contributed by atoms with E-state index < -0.39 is 0 Å². The second kappa shape index (κ2) is 8.36. The van der Waals surface area contributed by atoms with Crippen molar-refractivity contribution in [1.82, 2.24) is 9.80 Å². The van der Waals surface area contributed by atoms with Crippen LogP contribution in [0.1, 0.15) is 42.0 Å². The Morgan fingerprint density at radius 2 is 1.74 bits per heavy atom. The Bertz CT molecular complexity index is 760. The number of amides is 1. The molecule has 0 bridgehead atoms. The summed E-state index contributed by atoms with van der Waals surface area (Å²) < 4.78 is 11.8. The number of piperidine rings is 1. The average Bonchev–Trinajstić information content (AvgIpc) is 3.36. The van der Waals surface area contributed by atoms with Gasteiger partial charge in [-0.1, -0.05) is 11.6 Å². The Labute approximate surface area is 164 Å². The number of ether oxygens (including phenoxy) is 1. The van der Waals surface area contributed by atoms with Gasteiger partial charge in [0.1, 0.15) is 17.6 Å². The smallest absolute Gasteiger partial charge is 0.289 e. The zero-order valence-corrected chi connectivity index (χ0v) is 16.2. The second-order valence-corrected chi connectivity index (χ2v) is 7.75. The summed E-state index contributed by atoms with van der Waals surface area (Å²) >= 11 is 5.90. The number of carbonyl (C=O) groups is 1. The van der Waals surface area contributed by atoms with Crippen LogP contribution in [0, 0.1) is 0 Å². The molecule has 6 heteroatoms. The van der Waals surface area contributed by atoms with Gasteiger partial charge in [-0.3, -0.25) is 9.69 Å². The third-order valence-corrected chi connectivity index (χ3v) is 5.55. The molecule has 2 aliphatic heterocycles. The lowest BCUT2D eigenvalue weighted by atomic mass is 10.1. The molecule has 5 nitrogen and oxygen atoms in total. The Hall–Kier alpha value is -1.98. The lowest BCUT2D eigenvalue weighted by Gasteiger charge is -2.31. The van der Waals surface area contributed by atoms with E-state index in [0.717, 1.165) is 44.0 Å². The normalized spacial score (nSPS) is 18.8. The number of halogens is 1. The molecular formula is C21H25ClN2O3. The number of benzene rings is 1. The van der Waals surface area contributed by atoms with Crippen molar-refractivity contribution < 1.29 is 13.9 Å². The van der Waals surface area contributed by atoms with Gasteiger partial charge < -0.3 is 14.1 Å². The van der Waals surface area contributed by atoms with Crippen LogP contribution in [0.5, 0.6) is 5.75 Å². The first kappa shape index (κ1) is 18.4. The highest BCUT2D eigenvalue weighted by Crippen LogP contribution is 2.23. The largest absolute Gasteiger partial charge is 0.490 e. The number of hydrogen-bond acceptors (Lipinski definition) is 4. The topological polar surface area (TPSA) is 45.9 Å². The molecule has 0 unspecified atom stereocenters. The maximum absolute atomic E-state index is 12.7. The summed E-state index contributed by atoms with van der Waals surface area (Å²) in [7, 11) is 0. The van der Waals surface area contributed by atoms with Crippen molar-refractivity contribution in [2.75, 3.05) is 26.2 Å². The van der Waals surface area contributed by atoms with Crippen molar-refractivity contribution in [3.8, 4) is 5.75 Å². The molecule has 2 aliphatic rings. The van der Waals surface area contributed by atoms with Crippen molar-refractivity contribution in [3.63, 3.8) is 0 Å². The van der Waals surface area contributed by atoms with Crippen molar-refractivity contribution in [3.05, 3.63) is 52.9 Å². The van der Waals surface area contributed by atoms with Crippen molar-refractivity contribution in [2.45, 2.75) is 38.3 Å². The fourth-order valence-corrected chi connectivity index (χ4v) is 3.90. The van der Waals surface area contributed by atoms with E-state index in [4.69, 9.17) is 20.8 Å². The van der Waals surface area contributed by atoms with E-state index in [1.165, 1.54) is 12.8 Å². The summed E-state index contributed by atoms with van der Waals surface area (Å²) in [5.41, 5.74) is 0. The highest BCUT2D eigenvalue weighted by Gasteiger charge is 2.26. The number of rotatable bonds is 5. The molecule has 2 saturated heterocycles. The molecule has 0 spiro atoms. The molecule has 4 rings (SSSR count). The van der Waals surface area contributed by atoms with E-state index in [0.29, 0.717) is 23.9 Å². The van der Waals surface area contributed by atoms with Crippen LogP contribution in [-0.2, 0) is 6.54 Å². The molecule has 0 saturated carbocycles. The summed E-state index contributed by atoms with van der Waals surface area (Å²) in [5.74, 6) is 2.12. The van der Waals surface area contributed by atoms with Gasteiger partial charge in [-0.25, -0.2) is 0 Å². The van der Waals surface area contributed by atoms with Crippen LogP contribution in [0.25, 0.3) is 0 Å². The van der Waals surface area contributed by atoms with Gasteiger partial charge in [0.2, 0.25) is 0 Å². The molecular weight excluding hydrogens is 364 g/mol. The van der Waals surface area contributed by atoms with E-state index in [1.807, 2.05) is 41.3 Å². The third kappa shape index (κ3) is 4.66. The number of hydrogen-bond donors (Lipinski definition) is 0. The standard InChI is InChI=1S/C21H25ClN2O3/c22-16-3-5-17(6-4-16)26-18-9-13-24(14-10-18)21(25)20-8-7-19(27-20)15-23-11-1-2-12-23/h3-8,18H,1-2,9-15H2. The van der Waals surface area contributed by atoms with Crippen molar-refractivity contribution in [2.24, 2.45) is 0 Å². The molecule has 0 aliphatic carbocycles. The third-order valence-electron chi connectivity index (χ3n) is 5.30. The lowest BCUT2D eigenvalue weighted by Crippen LogP contribution is -2.41. The quantitative estimate of drug-likeness (QED) is 0.769. The highest BCUT2D eigenvalue weighted by atomic mass is 35.5. The monoisotopic (exact) mass is 388 g/mol. The molecule has 2 fully saturated rings. The molecule has 144 valence electrons. The summed E-state index contributed by atoms with van der Waals surface area (Å²) in [6.45, 7) is 4.39. The van der Waals surface area contributed by atoms with E-state index in [1.54, 1.807) is 0 Å². The fraction of sp³-hybridized carbons (Fsp3) is 0.476. The molecule has 3 heterocycles. The number of furan rings is 1. The predicted octanol–water partition coefficient (Wildman–Crippen LogP) is 4.21. The summed E-state index contributed by atoms with van der Waals surface area (Å²) in [6, 6.07) is 11.2. The van der Waals surface area contributed by atoms with Gasteiger partial charge in [0, 0.05) is 31.0 Å². The van der Waals surface area contributed by atoms with E-state index in [9.17, 15) is 4.79 Å². The van der Waals surface area contributed by atoms with Gasteiger partial charge in [-0.05, 0) is 62.3 Å². The highest BCUT2D eigenvalue weighted by molar-refractivity contribution is 6.30. The Morgan fingerprint density at radius 1 is 1.04 bits per heavy atom. The van der Waals surface area contributed by atoms with Crippen LogP contribution in [0.4, 0.5) is 0 Å². The molecule has 1 aromatic heterocycles. The number of carbonyl (C=O) groups excluding carboxylic acids is 1. The van der Waals surface area contributed by atoms with Crippen LogP contribution in [0.3, 0.4) is 0 Å². The predicted molar refractivity (Wildman–Crippen MR) is 104 cm³/mol. The first-order chi connectivity index (χ1) is 13.2. The molecule has 0 radical (unpaired) electrons. The van der Waals surface area contributed by atoms with Crippen molar-refractivity contribution in [1.29, 1.82) is 0 Å². The Balaban J connectivity index is 1.28. The number of nitrogens with zero attached hydrogens (tertiary/aromatic N) is 2. The minimum absolute atomic E-state index is 0.0207. The first-order valence-corrected chi connectivity index (χ1v) is 10.1. The minimum atomic E-state index is -0.0207. The van der Waals surface area contributed by atoms with Crippen LogP contribution in [0.2, 0.25) is 5.02 Å². The molecule has 0 N–H and O–H groups in total. The molecule has 27 heavy (non-hydrogen) atoms. The average molecular weight is 389 g/mol. The van der Waals surface area contributed by atoms with E-state index >= 15 is 0 Å². The van der Waals surface area contributed by atoms with Gasteiger partial charge >= 0.3 is 0 Å². The molecule has 2 aromatic rings. The molecule has 1 amide bonds. The maximum atomic E-state index is 12.7. The SMILES string of the molecule is O=C(c1ccc(CN2CCCC2)o1)N1CCC(Oc2ccc(Cl)cc2)CC1. The van der Waals surface area contributed by atoms with Crippen LogP contribution in [-0.4, -0.2) is 48.0 Å². The zero-order chi connectivity index (χ0) is 18.6. The van der Waals surface area contributed by atoms with Gasteiger partial charge in [0.15, 0.2) is 5.76 Å². The summed E-state index contributed by atoms with van der Waals surface area (Å²) in [4.78, 5) is 16.9. The van der Waals surface area contributed by atoms with Crippen LogP contribution >= 0.6 is 11.6 Å². The summed E-state index contributed by atoms with van der Waals surface area (Å²) in [5, 5.41) is 0.699. The van der Waals surface area contributed by atoms with Crippen LogP contribution < -0.4 is 4.74 Å². The maximum Gasteiger partial charge on any atom is 0.289 e. The first-order valence-electron chi connectivity index (χ1n) is 9.70. The zero-order valence-electron chi connectivity index (χ0n) is 15.4. The van der Waals surface area contributed by atoms with Gasteiger partial charge in [0.25, 0.3) is 5.91 Å². The Kier molecular flexibility index (Phi) is 5.69. The molecule has 1 aromatic carbocycles. The van der Waals surface area contributed by atoms with E-state index in [2.05, 4.69) is 4.90 Å². The summed E-state index contributed by atoms with van der Waals surface area (Å²) in [6.07, 6.45) is 4.25. The number of likely N-dealkylation sites (tertiary alicyclic amines) is 2. The Morgan fingerprint density at radius 3 is 2.44 bits per heavy atom. The van der Waals surface area contributed by atoms with E-state index in [-0.39, 0.29) is 12.0 Å². The second-order valence-electron chi connectivity index (χ2n) is 7.31. The van der Waals surface area contributed by atoms with Gasteiger partial charge in [0.05, 0.1) is 6.54 Å². The van der Waals surface area contributed by atoms with Gasteiger partial charge in [-0.15, -0.1) is 0 Å². The van der Waals surface area contributed by atoms with Crippen molar-refractivity contribution >= 4 is 17.5 Å². The molecule has 0 atom stereocenters. The van der Waals surface area contributed by atoms with Crippen LogP contribution in [0.15, 0.2) is 40.8 Å². The van der Waals surface area contributed by atoms with Gasteiger partial charge in [-0.2, -0.15) is 0 Å².